The Bertz CT molecular complexity index is 715. The molecule has 1 heterocycles. The summed E-state index contributed by atoms with van der Waals surface area (Å²) in [6.45, 7) is 0.533. The van der Waals surface area contributed by atoms with Crippen LogP contribution in [0.5, 0.6) is 0 Å². The lowest BCUT2D eigenvalue weighted by Crippen LogP contribution is -2.31. The van der Waals surface area contributed by atoms with E-state index in [0.29, 0.717) is 17.9 Å². The molecule has 0 radical (unpaired) electrons. The Balaban J connectivity index is 1.85. The van der Waals surface area contributed by atoms with Crippen molar-refractivity contribution in [2.45, 2.75) is 12.8 Å². The molecule has 21 heavy (non-hydrogen) atoms. The van der Waals surface area contributed by atoms with Gasteiger partial charge in [-0.05, 0) is 29.7 Å². The third kappa shape index (κ3) is 2.46. The number of anilines is 2. The van der Waals surface area contributed by atoms with Gasteiger partial charge in [0.2, 0.25) is 5.91 Å². The quantitative estimate of drug-likeness (QED) is 0.864. The maximum absolute atomic E-state index is 13.6. The summed E-state index contributed by atoms with van der Waals surface area (Å²) >= 11 is 0. The number of benzene rings is 2. The molecule has 0 fully saturated rings. The van der Waals surface area contributed by atoms with Crippen LogP contribution in [0.4, 0.5) is 20.2 Å². The summed E-state index contributed by atoms with van der Waals surface area (Å²) in [5.41, 5.74) is 8.38. The SMILES string of the molecule is Nc1cccc2c1N(C(=O)Cc1ccc(F)cc1F)CC2. The Hall–Kier alpha value is -2.43. The zero-order valence-corrected chi connectivity index (χ0v) is 11.3. The molecule has 2 aromatic rings. The molecule has 2 N–H and O–H groups in total. The van der Waals surface area contributed by atoms with E-state index in [1.807, 2.05) is 12.1 Å². The molecule has 3 nitrogen and oxygen atoms in total. The van der Waals surface area contributed by atoms with Gasteiger partial charge in [0.15, 0.2) is 0 Å². The molecule has 0 saturated heterocycles. The lowest BCUT2D eigenvalue weighted by atomic mass is 10.1. The first-order chi connectivity index (χ1) is 10.1. The van der Waals surface area contributed by atoms with Gasteiger partial charge >= 0.3 is 0 Å². The third-order valence-corrected chi connectivity index (χ3v) is 3.68. The standard InChI is InChI=1S/C16H14F2N2O/c17-12-5-4-11(13(18)9-12)8-15(21)20-7-6-10-2-1-3-14(19)16(10)20/h1-5,9H,6-8,19H2. The van der Waals surface area contributed by atoms with Gasteiger partial charge in [0.25, 0.3) is 0 Å². The number of halogens is 2. The molecule has 0 unspecified atom stereocenters. The predicted octanol–water partition coefficient (Wildman–Crippen LogP) is 2.68. The van der Waals surface area contributed by atoms with E-state index in [0.717, 1.165) is 24.1 Å². The van der Waals surface area contributed by atoms with E-state index in [9.17, 15) is 13.6 Å². The topological polar surface area (TPSA) is 46.3 Å². The summed E-state index contributed by atoms with van der Waals surface area (Å²) in [5.74, 6) is -1.60. The monoisotopic (exact) mass is 288 g/mol. The van der Waals surface area contributed by atoms with E-state index >= 15 is 0 Å². The molecule has 0 spiro atoms. The van der Waals surface area contributed by atoms with Crippen molar-refractivity contribution in [2.24, 2.45) is 0 Å². The summed E-state index contributed by atoms with van der Waals surface area (Å²) < 4.78 is 26.5. The average Bonchev–Trinajstić information content (AvgIpc) is 2.87. The van der Waals surface area contributed by atoms with Crippen molar-refractivity contribution in [1.82, 2.24) is 0 Å². The molecule has 1 aliphatic rings. The Morgan fingerprint density at radius 2 is 2.05 bits per heavy atom. The van der Waals surface area contributed by atoms with Crippen LogP contribution in [0.2, 0.25) is 0 Å². The van der Waals surface area contributed by atoms with Crippen molar-refractivity contribution in [1.29, 1.82) is 0 Å². The lowest BCUT2D eigenvalue weighted by molar-refractivity contribution is -0.117. The smallest absolute Gasteiger partial charge is 0.231 e. The molecule has 0 bridgehead atoms. The van der Waals surface area contributed by atoms with Gasteiger partial charge in [-0.1, -0.05) is 18.2 Å². The molecule has 0 saturated carbocycles. The number of carbonyl (C=O) groups excluding carboxylic acids is 1. The fraction of sp³-hybridized carbons (Fsp3) is 0.188. The molecule has 3 rings (SSSR count). The van der Waals surface area contributed by atoms with Gasteiger partial charge in [-0.3, -0.25) is 4.79 Å². The maximum Gasteiger partial charge on any atom is 0.231 e. The van der Waals surface area contributed by atoms with Crippen molar-refractivity contribution in [2.75, 3.05) is 17.2 Å². The summed E-state index contributed by atoms with van der Waals surface area (Å²) in [6, 6.07) is 8.75. The van der Waals surface area contributed by atoms with Gasteiger partial charge < -0.3 is 10.6 Å². The summed E-state index contributed by atoms with van der Waals surface area (Å²) in [6.07, 6.45) is 0.623. The molecule has 1 amide bonds. The van der Waals surface area contributed by atoms with Crippen LogP contribution < -0.4 is 10.6 Å². The fourth-order valence-corrected chi connectivity index (χ4v) is 2.66. The van der Waals surface area contributed by atoms with Crippen molar-refractivity contribution in [3.8, 4) is 0 Å². The Morgan fingerprint density at radius 3 is 2.81 bits per heavy atom. The number of rotatable bonds is 2. The van der Waals surface area contributed by atoms with E-state index in [1.165, 1.54) is 6.07 Å². The first kappa shape index (κ1) is 13.5. The third-order valence-electron chi connectivity index (χ3n) is 3.68. The van der Waals surface area contributed by atoms with E-state index in [1.54, 1.807) is 11.0 Å². The lowest BCUT2D eigenvalue weighted by Gasteiger charge is -2.19. The van der Waals surface area contributed by atoms with Gasteiger partial charge in [0.1, 0.15) is 11.6 Å². The summed E-state index contributed by atoms with van der Waals surface area (Å²) in [5, 5.41) is 0. The van der Waals surface area contributed by atoms with Crippen molar-refractivity contribution in [3.05, 3.63) is 59.2 Å². The van der Waals surface area contributed by atoms with Crippen molar-refractivity contribution < 1.29 is 13.6 Å². The van der Waals surface area contributed by atoms with Gasteiger partial charge in [-0.25, -0.2) is 8.78 Å². The summed E-state index contributed by atoms with van der Waals surface area (Å²) in [4.78, 5) is 14.0. The van der Waals surface area contributed by atoms with Crippen LogP contribution >= 0.6 is 0 Å². The number of amides is 1. The Kier molecular flexibility index (Phi) is 3.33. The van der Waals surface area contributed by atoms with Gasteiger partial charge in [-0.15, -0.1) is 0 Å². The summed E-state index contributed by atoms with van der Waals surface area (Å²) in [7, 11) is 0. The minimum Gasteiger partial charge on any atom is -0.397 e. The van der Waals surface area contributed by atoms with E-state index < -0.39 is 11.6 Å². The average molecular weight is 288 g/mol. The van der Waals surface area contributed by atoms with Gasteiger partial charge in [0, 0.05) is 12.6 Å². The predicted molar refractivity (Wildman–Crippen MR) is 77.0 cm³/mol. The molecule has 1 aliphatic heterocycles. The number of para-hydroxylation sites is 1. The first-order valence-electron chi connectivity index (χ1n) is 6.68. The molecule has 0 aliphatic carbocycles. The normalized spacial score (nSPS) is 13.3. The van der Waals surface area contributed by atoms with Crippen LogP contribution in [-0.2, 0) is 17.6 Å². The fourth-order valence-electron chi connectivity index (χ4n) is 2.66. The Morgan fingerprint density at radius 1 is 1.24 bits per heavy atom. The highest BCUT2D eigenvalue weighted by Crippen LogP contribution is 2.34. The first-order valence-corrected chi connectivity index (χ1v) is 6.68. The van der Waals surface area contributed by atoms with Crippen LogP contribution in [0.15, 0.2) is 36.4 Å². The van der Waals surface area contributed by atoms with E-state index in [4.69, 9.17) is 5.73 Å². The highest BCUT2D eigenvalue weighted by molar-refractivity contribution is 5.99. The number of fused-ring (bicyclic) bond motifs is 1. The van der Waals surface area contributed by atoms with E-state index in [-0.39, 0.29) is 17.9 Å². The highest BCUT2D eigenvalue weighted by Gasteiger charge is 2.26. The van der Waals surface area contributed by atoms with Crippen molar-refractivity contribution >= 4 is 17.3 Å². The number of nitrogens with two attached hydrogens (primary N) is 1. The zero-order chi connectivity index (χ0) is 15.0. The molecule has 0 aromatic heterocycles. The van der Waals surface area contributed by atoms with Crippen molar-refractivity contribution in [3.63, 3.8) is 0 Å². The second-order valence-corrected chi connectivity index (χ2v) is 5.06. The van der Waals surface area contributed by atoms with Crippen LogP contribution in [0.25, 0.3) is 0 Å². The molecule has 5 heteroatoms. The number of hydrogen-bond acceptors (Lipinski definition) is 2. The number of carbonyl (C=O) groups is 1. The molecular formula is C16H14F2N2O. The largest absolute Gasteiger partial charge is 0.397 e. The van der Waals surface area contributed by atoms with Gasteiger partial charge in [0.05, 0.1) is 17.8 Å². The van der Waals surface area contributed by atoms with Crippen LogP contribution in [0.1, 0.15) is 11.1 Å². The minimum atomic E-state index is -0.705. The van der Waals surface area contributed by atoms with Crippen LogP contribution in [0, 0.1) is 11.6 Å². The molecule has 0 atom stereocenters. The zero-order valence-electron chi connectivity index (χ0n) is 11.3. The second-order valence-electron chi connectivity index (χ2n) is 5.06. The molecule has 108 valence electrons. The second kappa shape index (κ2) is 5.16. The minimum absolute atomic E-state index is 0.111. The van der Waals surface area contributed by atoms with Crippen LogP contribution in [-0.4, -0.2) is 12.5 Å². The van der Waals surface area contributed by atoms with Gasteiger partial charge in [-0.2, -0.15) is 0 Å². The molecular weight excluding hydrogens is 274 g/mol. The Labute approximate surface area is 121 Å². The maximum atomic E-state index is 13.6. The number of nitrogens with zero attached hydrogens (tertiary/aromatic N) is 1. The molecule has 2 aromatic carbocycles. The number of hydrogen-bond donors (Lipinski definition) is 1. The number of nitrogen functional groups attached to an aromatic ring is 1. The van der Waals surface area contributed by atoms with Crippen LogP contribution in [0.3, 0.4) is 0 Å². The van der Waals surface area contributed by atoms with E-state index in [2.05, 4.69) is 0 Å². The highest BCUT2D eigenvalue weighted by atomic mass is 19.1.